The smallest absolute Gasteiger partial charge is 0.118 e. The quantitative estimate of drug-likeness (QED) is 0.761. The van der Waals surface area contributed by atoms with Crippen molar-refractivity contribution in [1.29, 1.82) is 0 Å². The second-order valence-corrected chi connectivity index (χ2v) is 5.37. The van der Waals surface area contributed by atoms with Gasteiger partial charge in [-0.25, -0.2) is 0 Å². The maximum Gasteiger partial charge on any atom is 0.118 e. The van der Waals surface area contributed by atoms with Crippen LogP contribution in [0.5, 0.6) is 5.75 Å². The Morgan fingerprint density at radius 1 is 0.857 bits per heavy atom. The van der Waals surface area contributed by atoms with Crippen molar-refractivity contribution >= 4 is 10.8 Å². The molecule has 21 heavy (non-hydrogen) atoms. The van der Waals surface area contributed by atoms with Gasteiger partial charge < -0.3 is 10.8 Å². The minimum Gasteiger partial charge on any atom is -0.508 e. The van der Waals surface area contributed by atoms with Crippen molar-refractivity contribution < 1.29 is 5.11 Å². The zero-order valence-electron chi connectivity index (χ0n) is 11.9. The number of phenols is 1. The van der Waals surface area contributed by atoms with E-state index in [1.165, 1.54) is 16.3 Å². The molecule has 3 N–H and O–H groups in total. The van der Waals surface area contributed by atoms with E-state index in [2.05, 4.69) is 30.3 Å². The molecule has 106 valence electrons. The zero-order chi connectivity index (χ0) is 14.7. The SMILES string of the molecule is NC[C@@H](Cc1ccccc1O)c1ccc2ccccc2c1. The Bertz CT molecular complexity index is 751. The second-order valence-electron chi connectivity index (χ2n) is 5.37. The maximum atomic E-state index is 9.93. The molecule has 3 rings (SSSR count). The molecule has 2 nitrogen and oxygen atoms in total. The van der Waals surface area contributed by atoms with E-state index >= 15 is 0 Å². The van der Waals surface area contributed by atoms with Gasteiger partial charge in [-0.2, -0.15) is 0 Å². The summed E-state index contributed by atoms with van der Waals surface area (Å²) in [5.41, 5.74) is 8.13. The van der Waals surface area contributed by atoms with E-state index < -0.39 is 0 Å². The third-order valence-corrected chi connectivity index (χ3v) is 3.99. The lowest BCUT2D eigenvalue weighted by atomic mass is 9.90. The van der Waals surface area contributed by atoms with E-state index in [4.69, 9.17) is 5.73 Å². The van der Waals surface area contributed by atoms with Crippen LogP contribution in [0.4, 0.5) is 0 Å². The van der Waals surface area contributed by atoms with Crippen molar-refractivity contribution in [2.75, 3.05) is 6.54 Å². The summed E-state index contributed by atoms with van der Waals surface area (Å²) >= 11 is 0. The van der Waals surface area contributed by atoms with Crippen molar-refractivity contribution in [1.82, 2.24) is 0 Å². The van der Waals surface area contributed by atoms with Crippen LogP contribution in [0, 0.1) is 0 Å². The van der Waals surface area contributed by atoms with Crippen molar-refractivity contribution in [3.8, 4) is 5.75 Å². The highest BCUT2D eigenvalue weighted by molar-refractivity contribution is 5.83. The Kier molecular flexibility index (Phi) is 3.89. The second kappa shape index (κ2) is 5.98. The van der Waals surface area contributed by atoms with Gasteiger partial charge in [0.1, 0.15) is 5.75 Å². The number of hydrogen-bond acceptors (Lipinski definition) is 2. The van der Waals surface area contributed by atoms with Gasteiger partial charge in [-0.15, -0.1) is 0 Å². The molecular weight excluding hydrogens is 258 g/mol. The van der Waals surface area contributed by atoms with Gasteiger partial charge in [0.15, 0.2) is 0 Å². The number of hydrogen-bond donors (Lipinski definition) is 2. The molecule has 3 aromatic carbocycles. The average Bonchev–Trinajstić information content (AvgIpc) is 2.54. The van der Waals surface area contributed by atoms with Crippen LogP contribution in [0.25, 0.3) is 10.8 Å². The number of nitrogens with two attached hydrogens (primary N) is 1. The summed E-state index contributed by atoms with van der Waals surface area (Å²) in [6, 6.07) is 22.3. The minimum atomic E-state index is 0.211. The molecule has 0 aliphatic rings. The number of phenolic OH excluding ortho intramolecular Hbond substituents is 1. The molecule has 0 radical (unpaired) electrons. The molecular formula is C19H19NO. The average molecular weight is 277 g/mol. The number of benzene rings is 3. The first-order valence-corrected chi connectivity index (χ1v) is 7.23. The molecule has 0 bridgehead atoms. The van der Waals surface area contributed by atoms with E-state index in [0.29, 0.717) is 12.3 Å². The van der Waals surface area contributed by atoms with Gasteiger partial charge in [-0.3, -0.25) is 0 Å². The molecule has 0 heterocycles. The molecule has 0 spiro atoms. The number of aromatic hydroxyl groups is 1. The van der Waals surface area contributed by atoms with Crippen LogP contribution in [-0.2, 0) is 6.42 Å². The molecule has 1 atom stereocenters. The Hall–Kier alpha value is -2.32. The maximum absolute atomic E-state index is 9.93. The summed E-state index contributed by atoms with van der Waals surface area (Å²) in [5.74, 6) is 0.555. The molecule has 2 heteroatoms. The highest BCUT2D eigenvalue weighted by Crippen LogP contribution is 2.27. The molecule has 0 aliphatic carbocycles. The van der Waals surface area contributed by atoms with Crippen LogP contribution in [-0.4, -0.2) is 11.7 Å². The topological polar surface area (TPSA) is 46.2 Å². The minimum absolute atomic E-state index is 0.211. The van der Waals surface area contributed by atoms with E-state index in [0.717, 1.165) is 12.0 Å². The van der Waals surface area contributed by atoms with Gasteiger partial charge in [0.25, 0.3) is 0 Å². The lowest BCUT2D eigenvalue weighted by Gasteiger charge is -2.17. The molecule has 0 aromatic heterocycles. The molecule has 3 aromatic rings. The highest BCUT2D eigenvalue weighted by atomic mass is 16.3. The lowest BCUT2D eigenvalue weighted by molar-refractivity contribution is 0.465. The standard InChI is InChI=1S/C19H19NO/c20-13-18(12-17-7-3-4-8-19(17)21)16-10-9-14-5-1-2-6-15(14)11-16/h1-11,18,21H,12-13,20H2/t18-/m1/s1. The van der Waals surface area contributed by atoms with Crippen molar-refractivity contribution in [3.63, 3.8) is 0 Å². The van der Waals surface area contributed by atoms with Crippen LogP contribution >= 0.6 is 0 Å². The third-order valence-electron chi connectivity index (χ3n) is 3.99. The fourth-order valence-corrected chi connectivity index (χ4v) is 2.75. The van der Waals surface area contributed by atoms with Crippen molar-refractivity contribution in [2.24, 2.45) is 5.73 Å². The predicted molar refractivity (Wildman–Crippen MR) is 87.6 cm³/mol. The Morgan fingerprint density at radius 2 is 1.57 bits per heavy atom. The molecule has 0 fully saturated rings. The third kappa shape index (κ3) is 2.91. The summed E-state index contributed by atoms with van der Waals surface area (Å²) in [7, 11) is 0. The summed E-state index contributed by atoms with van der Waals surface area (Å²) in [5, 5.41) is 12.4. The van der Waals surface area contributed by atoms with Crippen LogP contribution in [0.1, 0.15) is 17.0 Å². The monoisotopic (exact) mass is 277 g/mol. The Morgan fingerprint density at radius 3 is 2.33 bits per heavy atom. The Balaban J connectivity index is 1.93. The fourth-order valence-electron chi connectivity index (χ4n) is 2.75. The van der Waals surface area contributed by atoms with Gasteiger partial charge in [-0.1, -0.05) is 60.7 Å². The van der Waals surface area contributed by atoms with Crippen LogP contribution in [0.2, 0.25) is 0 Å². The van der Waals surface area contributed by atoms with Crippen LogP contribution < -0.4 is 5.73 Å². The number of rotatable bonds is 4. The van der Waals surface area contributed by atoms with Gasteiger partial charge in [0, 0.05) is 5.92 Å². The van der Waals surface area contributed by atoms with Gasteiger partial charge >= 0.3 is 0 Å². The molecule has 0 saturated carbocycles. The number of para-hydroxylation sites is 1. The normalized spacial score (nSPS) is 12.4. The van der Waals surface area contributed by atoms with Gasteiger partial charge in [0.05, 0.1) is 0 Å². The first kappa shape index (κ1) is 13.7. The molecule has 0 amide bonds. The van der Waals surface area contributed by atoms with E-state index in [1.807, 2.05) is 30.3 Å². The Labute approximate surface area is 124 Å². The molecule has 0 aliphatic heterocycles. The molecule has 0 saturated heterocycles. The molecule has 0 unspecified atom stereocenters. The van der Waals surface area contributed by atoms with E-state index in [1.54, 1.807) is 6.07 Å². The van der Waals surface area contributed by atoms with E-state index in [9.17, 15) is 5.11 Å². The summed E-state index contributed by atoms with van der Waals surface area (Å²) in [4.78, 5) is 0. The van der Waals surface area contributed by atoms with Crippen molar-refractivity contribution in [2.45, 2.75) is 12.3 Å². The van der Waals surface area contributed by atoms with Crippen LogP contribution in [0.3, 0.4) is 0 Å². The summed E-state index contributed by atoms with van der Waals surface area (Å²) in [6.07, 6.45) is 0.752. The summed E-state index contributed by atoms with van der Waals surface area (Å²) in [6.45, 7) is 0.562. The lowest BCUT2D eigenvalue weighted by Crippen LogP contribution is -2.15. The van der Waals surface area contributed by atoms with Gasteiger partial charge in [-0.05, 0) is 40.9 Å². The largest absolute Gasteiger partial charge is 0.508 e. The number of fused-ring (bicyclic) bond motifs is 1. The van der Waals surface area contributed by atoms with Crippen LogP contribution in [0.15, 0.2) is 66.7 Å². The predicted octanol–water partition coefficient (Wildman–Crippen LogP) is 3.83. The fraction of sp³-hybridized carbons (Fsp3) is 0.158. The summed E-state index contributed by atoms with van der Waals surface area (Å²) < 4.78 is 0. The zero-order valence-corrected chi connectivity index (χ0v) is 11.9. The van der Waals surface area contributed by atoms with E-state index in [-0.39, 0.29) is 5.92 Å². The van der Waals surface area contributed by atoms with Crippen molar-refractivity contribution in [3.05, 3.63) is 77.9 Å². The first-order chi connectivity index (χ1) is 10.3. The highest BCUT2D eigenvalue weighted by Gasteiger charge is 2.13. The van der Waals surface area contributed by atoms with Gasteiger partial charge in [0.2, 0.25) is 0 Å². The first-order valence-electron chi connectivity index (χ1n) is 7.23.